The van der Waals surface area contributed by atoms with Crippen LogP contribution in [-0.4, -0.2) is 30.8 Å². The molecule has 0 radical (unpaired) electrons. The summed E-state index contributed by atoms with van der Waals surface area (Å²) in [5, 5.41) is 3.39. The lowest BCUT2D eigenvalue weighted by Crippen LogP contribution is -2.20. The third-order valence-corrected chi connectivity index (χ3v) is 9.47. The van der Waals surface area contributed by atoms with E-state index in [4.69, 9.17) is 0 Å². The number of pyridine rings is 1. The van der Waals surface area contributed by atoms with E-state index in [0.717, 1.165) is 42.3 Å². The zero-order valence-corrected chi connectivity index (χ0v) is 19.5. The van der Waals surface area contributed by atoms with Crippen molar-refractivity contribution in [2.24, 2.45) is 17.8 Å². The highest BCUT2D eigenvalue weighted by molar-refractivity contribution is 8.00. The maximum atomic E-state index is 12.9. The topological polar surface area (TPSA) is 76.1 Å². The Labute approximate surface area is 195 Å². The Bertz CT molecular complexity index is 1120. The van der Waals surface area contributed by atoms with Gasteiger partial charge < -0.3 is 5.32 Å². The molecule has 2 aliphatic carbocycles. The summed E-state index contributed by atoms with van der Waals surface area (Å²) >= 11 is 1.15. The summed E-state index contributed by atoms with van der Waals surface area (Å²) in [6, 6.07) is 7.16. The maximum Gasteiger partial charge on any atom is 0.416 e. The van der Waals surface area contributed by atoms with Crippen LogP contribution in [0.3, 0.4) is 0 Å². The Kier molecular flexibility index (Phi) is 7.04. The van der Waals surface area contributed by atoms with Crippen molar-refractivity contribution in [1.82, 2.24) is 4.98 Å². The van der Waals surface area contributed by atoms with Crippen LogP contribution in [0.25, 0.3) is 0 Å². The molecule has 4 rings (SSSR count). The molecule has 0 saturated heterocycles. The van der Waals surface area contributed by atoms with Crippen LogP contribution in [0.1, 0.15) is 37.7 Å². The molecule has 5 nitrogen and oxygen atoms in total. The van der Waals surface area contributed by atoms with Crippen molar-refractivity contribution in [1.29, 1.82) is 0 Å². The number of fused-ring (bicyclic) bond motifs is 2. The van der Waals surface area contributed by atoms with Crippen molar-refractivity contribution in [3.8, 4) is 0 Å². The van der Waals surface area contributed by atoms with Crippen molar-refractivity contribution >= 4 is 33.2 Å². The Hall–Kier alpha value is -2.07. The van der Waals surface area contributed by atoms with E-state index >= 15 is 0 Å². The first kappa shape index (κ1) is 24.1. The Morgan fingerprint density at radius 2 is 1.97 bits per heavy atom. The van der Waals surface area contributed by atoms with Crippen LogP contribution in [0.4, 0.5) is 18.9 Å². The van der Waals surface area contributed by atoms with Crippen molar-refractivity contribution in [2.45, 2.75) is 48.2 Å². The molecule has 10 heteroatoms. The number of hydrogen-bond acceptors (Lipinski definition) is 5. The number of carbonyl (C=O) groups is 1. The predicted octanol–water partition coefficient (Wildman–Crippen LogP) is 5.43. The molecular formula is C23H25F3N2O3S2. The van der Waals surface area contributed by atoms with E-state index in [-0.39, 0.29) is 22.3 Å². The van der Waals surface area contributed by atoms with E-state index in [1.54, 1.807) is 18.3 Å². The van der Waals surface area contributed by atoms with Crippen molar-refractivity contribution in [3.05, 3.63) is 48.2 Å². The minimum atomic E-state index is -4.61. The van der Waals surface area contributed by atoms with Gasteiger partial charge in [-0.15, -0.1) is 11.8 Å². The lowest BCUT2D eigenvalue weighted by Gasteiger charge is -2.21. The summed E-state index contributed by atoms with van der Waals surface area (Å²) in [5.74, 6) is 1.49. The Morgan fingerprint density at radius 1 is 1.15 bits per heavy atom. The molecule has 2 bridgehead atoms. The molecule has 178 valence electrons. The van der Waals surface area contributed by atoms with Crippen LogP contribution in [0.2, 0.25) is 0 Å². The number of amides is 1. The number of nitrogens with one attached hydrogen (secondary N) is 1. The number of halogens is 3. The van der Waals surface area contributed by atoms with E-state index < -0.39 is 21.6 Å². The first-order chi connectivity index (χ1) is 15.6. The third-order valence-electron chi connectivity index (χ3n) is 6.49. The van der Waals surface area contributed by atoms with Gasteiger partial charge in [-0.25, -0.2) is 13.4 Å². The number of hydrogen-bond donors (Lipinski definition) is 1. The summed E-state index contributed by atoms with van der Waals surface area (Å²) in [6.45, 7) is 0. The fourth-order valence-electron chi connectivity index (χ4n) is 4.90. The van der Waals surface area contributed by atoms with Gasteiger partial charge in [0.2, 0.25) is 5.91 Å². The molecule has 1 amide bonds. The monoisotopic (exact) mass is 498 g/mol. The molecule has 0 spiro atoms. The normalized spacial score (nSPS) is 22.5. The molecule has 3 atom stereocenters. The Morgan fingerprint density at radius 3 is 2.67 bits per heavy atom. The summed E-state index contributed by atoms with van der Waals surface area (Å²) in [6.07, 6.45) is 2.23. The standard InChI is InChI=1S/C23H25F3N2O3S2/c24-23(25,26)18-3-1-4-19(14-18)33(30,31)10-9-32-22-20(5-2-8-27-22)28-21(29)13-17-12-15-6-7-16(17)11-15/h1-5,8,14-17H,6-7,9-13H2,(H,28,29). The van der Waals surface area contributed by atoms with Crippen LogP contribution >= 0.6 is 11.8 Å². The van der Waals surface area contributed by atoms with Crippen LogP contribution in [0, 0.1) is 17.8 Å². The zero-order valence-electron chi connectivity index (χ0n) is 17.8. The molecule has 1 aromatic carbocycles. The summed E-state index contributed by atoms with van der Waals surface area (Å²) < 4.78 is 63.8. The molecule has 2 aliphatic rings. The van der Waals surface area contributed by atoms with Crippen LogP contribution < -0.4 is 5.32 Å². The average molecular weight is 499 g/mol. The van der Waals surface area contributed by atoms with Gasteiger partial charge in [-0.05, 0) is 67.3 Å². The van der Waals surface area contributed by atoms with Crippen LogP contribution in [0.15, 0.2) is 52.5 Å². The quantitative estimate of drug-likeness (QED) is 0.491. The Balaban J connectivity index is 1.35. The number of aromatic nitrogens is 1. The molecule has 2 saturated carbocycles. The third kappa shape index (κ3) is 5.90. The first-order valence-corrected chi connectivity index (χ1v) is 13.5. The van der Waals surface area contributed by atoms with Crippen molar-refractivity contribution in [2.75, 3.05) is 16.8 Å². The highest BCUT2D eigenvalue weighted by Gasteiger charge is 2.40. The van der Waals surface area contributed by atoms with Gasteiger partial charge in [0.05, 0.1) is 21.9 Å². The van der Waals surface area contributed by atoms with Gasteiger partial charge in [-0.1, -0.05) is 12.5 Å². The second-order valence-corrected chi connectivity index (χ2v) is 11.9. The van der Waals surface area contributed by atoms with Crippen LogP contribution in [-0.2, 0) is 20.8 Å². The lowest BCUT2D eigenvalue weighted by molar-refractivity contribution is -0.137. The highest BCUT2D eigenvalue weighted by atomic mass is 32.2. The smallest absolute Gasteiger partial charge is 0.324 e. The number of carbonyl (C=O) groups excluding carboxylic acids is 1. The van der Waals surface area contributed by atoms with Gasteiger partial charge in [0.25, 0.3) is 0 Å². The fraction of sp³-hybridized carbons (Fsp3) is 0.478. The van der Waals surface area contributed by atoms with Crippen LogP contribution in [0.5, 0.6) is 0 Å². The number of rotatable bonds is 8. The maximum absolute atomic E-state index is 12.9. The second kappa shape index (κ2) is 9.66. The number of thioether (sulfide) groups is 1. The predicted molar refractivity (Wildman–Crippen MR) is 121 cm³/mol. The molecular weight excluding hydrogens is 473 g/mol. The van der Waals surface area contributed by atoms with Crippen molar-refractivity contribution < 1.29 is 26.4 Å². The summed E-state index contributed by atoms with van der Waals surface area (Å²) in [5.41, 5.74) is -0.478. The van der Waals surface area contributed by atoms with Gasteiger partial charge in [0.15, 0.2) is 9.84 Å². The number of anilines is 1. The average Bonchev–Trinajstić information content (AvgIpc) is 3.37. The molecule has 0 aliphatic heterocycles. The largest absolute Gasteiger partial charge is 0.416 e. The number of alkyl halides is 3. The molecule has 1 heterocycles. The van der Waals surface area contributed by atoms with E-state index in [1.165, 1.54) is 19.3 Å². The van der Waals surface area contributed by atoms with E-state index in [9.17, 15) is 26.4 Å². The van der Waals surface area contributed by atoms with E-state index in [0.29, 0.717) is 35.0 Å². The van der Waals surface area contributed by atoms with Gasteiger partial charge in [-0.2, -0.15) is 13.2 Å². The number of sulfone groups is 1. The van der Waals surface area contributed by atoms with E-state index in [2.05, 4.69) is 10.3 Å². The minimum Gasteiger partial charge on any atom is -0.324 e. The summed E-state index contributed by atoms with van der Waals surface area (Å²) in [4.78, 5) is 16.5. The highest BCUT2D eigenvalue weighted by Crippen LogP contribution is 2.49. The molecule has 1 N–H and O–H groups in total. The fourth-order valence-corrected chi connectivity index (χ4v) is 7.54. The first-order valence-electron chi connectivity index (χ1n) is 10.9. The summed E-state index contributed by atoms with van der Waals surface area (Å²) in [7, 11) is -3.91. The number of benzene rings is 1. The minimum absolute atomic E-state index is 0.0704. The lowest BCUT2D eigenvalue weighted by atomic mass is 9.86. The van der Waals surface area contributed by atoms with E-state index in [1.807, 2.05) is 0 Å². The SMILES string of the molecule is O=C(CC1CC2CCC1C2)Nc1cccnc1SCCS(=O)(=O)c1cccc(C(F)(F)F)c1. The van der Waals surface area contributed by atoms with Gasteiger partial charge >= 0.3 is 6.18 Å². The van der Waals surface area contributed by atoms with Gasteiger partial charge in [0, 0.05) is 18.4 Å². The van der Waals surface area contributed by atoms with Gasteiger partial charge in [0.1, 0.15) is 5.03 Å². The molecule has 3 unspecified atom stereocenters. The number of nitrogens with zero attached hydrogens (tertiary/aromatic N) is 1. The van der Waals surface area contributed by atoms with Crippen molar-refractivity contribution in [3.63, 3.8) is 0 Å². The zero-order chi connectivity index (χ0) is 23.6. The molecule has 2 aromatic rings. The van der Waals surface area contributed by atoms with Gasteiger partial charge in [-0.3, -0.25) is 4.79 Å². The molecule has 33 heavy (non-hydrogen) atoms. The molecule has 2 fully saturated rings. The second-order valence-electron chi connectivity index (χ2n) is 8.74. The molecule has 1 aromatic heterocycles.